The van der Waals surface area contributed by atoms with Crippen molar-refractivity contribution >= 4 is 39.1 Å². The third-order valence-corrected chi connectivity index (χ3v) is 9.97. The first-order valence-corrected chi connectivity index (χ1v) is 17.0. The van der Waals surface area contributed by atoms with Gasteiger partial charge in [-0.3, -0.25) is 13.9 Å². The minimum Gasteiger partial charge on any atom is -0.352 e. The molecule has 0 saturated carbocycles. The van der Waals surface area contributed by atoms with Crippen molar-refractivity contribution in [2.75, 3.05) is 10.8 Å². The van der Waals surface area contributed by atoms with Gasteiger partial charge in [0.1, 0.15) is 12.6 Å². The maximum atomic E-state index is 14.5. The van der Waals surface area contributed by atoms with Crippen LogP contribution in [0, 0.1) is 0 Å². The van der Waals surface area contributed by atoms with Crippen LogP contribution in [-0.4, -0.2) is 43.8 Å². The predicted molar refractivity (Wildman–Crippen MR) is 181 cm³/mol. The fourth-order valence-electron chi connectivity index (χ4n) is 4.95. The highest BCUT2D eigenvalue weighted by molar-refractivity contribution is 7.92. The SMILES string of the molecule is CCc1ccc(N(CC(=O)N(Cc2ccccc2Cl)[C@H](Cc2ccccc2)C(=O)N[C@@H](C)CC)S(=O)(=O)c2ccccc2)cc1. The van der Waals surface area contributed by atoms with E-state index in [4.69, 9.17) is 11.6 Å². The van der Waals surface area contributed by atoms with Crippen molar-refractivity contribution < 1.29 is 18.0 Å². The number of benzene rings is 4. The molecule has 4 rings (SSSR count). The molecule has 2 amide bonds. The van der Waals surface area contributed by atoms with E-state index in [9.17, 15) is 18.0 Å². The van der Waals surface area contributed by atoms with Crippen LogP contribution in [0.3, 0.4) is 0 Å². The van der Waals surface area contributed by atoms with Gasteiger partial charge in [-0.2, -0.15) is 0 Å². The molecule has 0 unspecified atom stereocenters. The van der Waals surface area contributed by atoms with E-state index < -0.39 is 28.5 Å². The number of sulfonamides is 1. The van der Waals surface area contributed by atoms with Gasteiger partial charge in [0.15, 0.2) is 0 Å². The Labute approximate surface area is 271 Å². The average Bonchev–Trinajstić information content (AvgIpc) is 3.06. The molecule has 0 fully saturated rings. The number of hydrogen-bond donors (Lipinski definition) is 1. The first-order valence-electron chi connectivity index (χ1n) is 15.2. The summed E-state index contributed by atoms with van der Waals surface area (Å²) in [6.07, 6.45) is 1.72. The lowest BCUT2D eigenvalue weighted by molar-refractivity contribution is -0.140. The summed E-state index contributed by atoms with van der Waals surface area (Å²) in [5, 5.41) is 3.49. The number of carbonyl (C=O) groups is 2. The standard InChI is InChI=1S/C36H40ClN3O4S/c1-4-27(3)38-36(42)34(24-29-14-8-6-9-15-29)39(25-30-16-12-13-19-33(30)37)35(41)26-40(31-22-20-28(5-2)21-23-31)45(43,44)32-17-10-7-11-18-32/h6-23,27,34H,4-5,24-26H2,1-3H3,(H,38,42)/t27-,34+/m0/s1. The number of carbonyl (C=O) groups excluding carboxylic acids is 2. The maximum Gasteiger partial charge on any atom is 0.264 e. The van der Waals surface area contributed by atoms with Crippen molar-refractivity contribution in [3.63, 3.8) is 0 Å². The molecular weight excluding hydrogens is 606 g/mol. The van der Waals surface area contributed by atoms with Gasteiger partial charge in [-0.05, 0) is 66.8 Å². The second kappa shape index (κ2) is 15.7. The predicted octanol–water partition coefficient (Wildman–Crippen LogP) is 6.65. The second-order valence-corrected chi connectivity index (χ2v) is 13.3. The molecule has 236 valence electrons. The lowest BCUT2D eigenvalue weighted by Gasteiger charge is -2.34. The Bertz CT molecular complexity index is 1670. The van der Waals surface area contributed by atoms with Gasteiger partial charge in [0.2, 0.25) is 11.8 Å². The molecule has 4 aromatic carbocycles. The van der Waals surface area contributed by atoms with Crippen LogP contribution in [0.25, 0.3) is 0 Å². The van der Waals surface area contributed by atoms with E-state index in [2.05, 4.69) is 5.32 Å². The highest BCUT2D eigenvalue weighted by atomic mass is 35.5. The Hall–Kier alpha value is -4.14. The van der Waals surface area contributed by atoms with Crippen molar-refractivity contribution in [2.24, 2.45) is 0 Å². The van der Waals surface area contributed by atoms with Crippen LogP contribution in [0.1, 0.15) is 43.9 Å². The van der Waals surface area contributed by atoms with E-state index in [1.807, 2.05) is 69.3 Å². The average molecular weight is 646 g/mol. The van der Waals surface area contributed by atoms with Crippen LogP contribution in [0.4, 0.5) is 5.69 Å². The number of aryl methyl sites for hydroxylation is 1. The van der Waals surface area contributed by atoms with Crippen LogP contribution in [0.2, 0.25) is 5.02 Å². The third kappa shape index (κ3) is 8.74. The van der Waals surface area contributed by atoms with E-state index >= 15 is 0 Å². The molecule has 1 N–H and O–H groups in total. The molecule has 0 aromatic heterocycles. The molecule has 0 radical (unpaired) electrons. The Morgan fingerprint density at radius 3 is 2.00 bits per heavy atom. The van der Waals surface area contributed by atoms with Crippen molar-refractivity contribution in [1.29, 1.82) is 0 Å². The van der Waals surface area contributed by atoms with Crippen LogP contribution in [0.15, 0.2) is 114 Å². The van der Waals surface area contributed by atoms with E-state index in [1.54, 1.807) is 48.5 Å². The van der Waals surface area contributed by atoms with E-state index in [0.29, 0.717) is 22.7 Å². The highest BCUT2D eigenvalue weighted by Gasteiger charge is 2.35. The van der Waals surface area contributed by atoms with Crippen molar-refractivity contribution in [1.82, 2.24) is 10.2 Å². The Balaban J connectivity index is 1.81. The molecule has 0 spiro atoms. The van der Waals surface area contributed by atoms with Gasteiger partial charge in [-0.15, -0.1) is 0 Å². The van der Waals surface area contributed by atoms with E-state index in [-0.39, 0.29) is 29.8 Å². The van der Waals surface area contributed by atoms with Gasteiger partial charge in [0, 0.05) is 24.0 Å². The molecular formula is C36H40ClN3O4S. The fraction of sp³-hybridized carbons (Fsp3) is 0.278. The number of anilines is 1. The number of nitrogens with zero attached hydrogens (tertiary/aromatic N) is 2. The molecule has 2 atom stereocenters. The summed E-state index contributed by atoms with van der Waals surface area (Å²) in [6.45, 7) is 5.39. The van der Waals surface area contributed by atoms with Crippen LogP contribution >= 0.6 is 11.6 Å². The van der Waals surface area contributed by atoms with Gasteiger partial charge in [-0.25, -0.2) is 8.42 Å². The molecule has 4 aromatic rings. The summed E-state index contributed by atoms with van der Waals surface area (Å²) in [6, 6.07) is 30.7. The first-order chi connectivity index (χ1) is 21.6. The third-order valence-electron chi connectivity index (χ3n) is 7.81. The molecule has 45 heavy (non-hydrogen) atoms. The largest absolute Gasteiger partial charge is 0.352 e. The molecule has 0 bridgehead atoms. The normalized spacial score (nSPS) is 12.6. The lowest BCUT2D eigenvalue weighted by atomic mass is 10.0. The Morgan fingerprint density at radius 1 is 0.800 bits per heavy atom. The van der Waals surface area contributed by atoms with Gasteiger partial charge >= 0.3 is 0 Å². The number of hydrogen-bond acceptors (Lipinski definition) is 4. The van der Waals surface area contributed by atoms with Crippen molar-refractivity contribution in [3.05, 3.63) is 131 Å². The molecule has 0 aliphatic rings. The van der Waals surface area contributed by atoms with Crippen molar-refractivity contribution in [3.8, 4) is 0 Å². The van der Waals surface area contributed by atoms with E-state index in [0.717, 1.165) is 21.9 Å². The zero-order valence-corrected chi connectivity index (χ0v) is 27.5. The summed E-state index contributed by atoms with van der Waals surface area (Å²) in [7, 11) is -4.15. The molecule has 0 heterocycles. The minimum absolute atomic E-state index is 0.0118. The monoisotopic (exact) mass is 645 g/mol. The summed E-state index contributed by atoms with van der Waals surface area (Å²) in [4.78, 5) is 30.0. The zero-order valence-electron chi connectivity index (χ0n) is 25.9. The summed E-state index contributed by atoms with van der Waals surface area (Å²) >= 11 is 6.56. The molecule has 0 saturated heterocycles. The topological polar surface area (TPSA) is 86.8 Å². The molecule has 7 nitrogen and oxygen atoms in total. The summed E-state index contributed by atoms with van der Waals surface area (Å²) in [5.41, 5.74) is 2.90. The Morgan fingerprint density at radius 2 is 1.40 bits per heavy atom. The number of amides is 2. The van der Waals surface area contributed by atoms with Crippen LogP contribution in [-0.2, 0) is 39.0 Å². The Kier molecular flexibility index (Phi) is 11.8. The first kappa shape index (κ1) is 33.7. The van der Waals surface area contributed by atoms with Crippen LogP contribution < -0.4 is 9.62 Å². The van der Waals surface area contributed by atoms with Gasteiger partial charge < -0.3 is 10.2 Å². The number of nitrogens with one attached hydrogen (secondary N) is 1. The van der Waals surface area contributed by atoms with Gasteiger partial charge in [0.25, 0.3) is 10.0 Å². The highest BCUT2D eigenvalue weighted by Crippen LogP contribution is 2.26. The smallest absolute Gasteiger partial charge is 0.264 e. The van der Waals surface area contributed by atoms with Gasteiger partial charge in [0.05, 0.1) is 10.6 Å². The summed E-state index contributed by atoms with van der Waals surface area (Å²) < 4.78 is 29.3. The molecule has 0 aliphatic carbocycles. The number of halogens is 1. The lowest BCUT2D eigenvalue weighted by Crippen LogP contribution is -2.54. The minimum atomic E-state index is -4.15. The summed E-state index contributed by atoms with van der Waals surface area (Å²) in [5.74, 6) is -0.854. The number of rotatable bonds is 14. The quantitative estimate of drug-likeness (QED) is 0.166. The zero-order chi connectivity index (χ0) is 32.4. The maximum absolute atomic E-state index is 14.5. The molecule has 0 aliphatic heterocycles. The second-order valence-electron chi connectivity index (χ2n) is 11.0. The van der Waals surface area contributed by atoms with Crippen LogP contribution in [0.5, 0.6) is 0 Å². The van der Waals surface area contributed by atoms with Crippen molar-refractivity contribution in [2.45, 2.75) is 63.6 Å². The van der Waals surface area contributed by atoms with Gasteiger partial charge in [-0.1, -0.05) is 104 Å². The molecule has 9 heteroatoms. The fourth-order valence-corrected chi connectivity index (χ4v) is 6.58. The van der Waals surface area contributed by atoms with E-state index in [1.165, 1.54) is 17.0 Å².